The van der Waals surface area contributed by atoms with Crippen molar-refractivity contribution in [1.29, 1.82) is 0 Å². The lowest BCUT2D eigenvalue weighted by atomic mass is 10.0. The Morgan fingerprint density at radius 3 is 2.57 bits per heavy atom. The van der Waals surface area contributed by atoms with Gasteiger partial charge in [-0.15, -0.1) is 5.10 Å². The van der Waals surface area contributed by atoms with Gasteiger partial charge in [-0.3, -0.25) is 4.90 Å². The summed E-state index contributed by atoms with van der Waals surface area (Å²) in [6.45, 7) is 9.05. The summed E-state index contributed by atoms with van der Waals surface area (Å²) < 4.78 is 0. The van der Waals surface area contributed by atoms with Crippen molar-refractivity contribution in [1.82, 2.24) is 15.1 Å². The van der Waals surface area contributed by atoms with Crippen molar-refractivity contribution in [2.24, 2.45) is 5.73 Å². The molecule has 1 aromatic heterocycles. The first-order valence-electron chi connectivity index (χ1n) is 7.52. The zero-order valence-corrected chi connectivity index (χ0v) is 12.8. The van der Waals surface area contributed by atoms with Gasteiger partial charge in [-0.1, -0.05) is 24.3 Å². The maximum absolute atomic E-state index is 5.88. The van der Waals surface area contributed by atoms with Crippen LogP contribution >= 0.6 is 0 Å². The van der Waals surface area contributed by atoms with E-state index in [1.165, 1.54) is 5.39 Å². The third-order valence-electron chi connectivity index (χ3n) is 4.49. The fourth-order valence-corrected chi connectivity index (χ4v) is 2.90. The highest BCUT2D eigenvalue weighted by Crippen LogP contribution is 2.25. The van der Waals surface area contributed by atoms with E-state index in [1.807, 2.05) is 12.3 Å². The van der Waals surface area contributed by atoms with Crippen LogP contribution in [0, 0.1) is 0 Å². The van der Waals surface area contributed by atoms with Crippen LogP contribution in [0.3, 0.4) is 0 Å². The van der Waals surface area contributed by atoms with Gasteiger partial charge in [-0.25, -0.2) is 0 Å². The molecule has 0 amide bonds. The second-order valence-electron chi connectivity index (χ2n) is 6.25. The zero-order valence-electron chi connectivity index (χ0n) is 12.8. The van der Waals surface area contributed by atoms with Crippen molar-refractivity contribution in [2.45, 2.75) is 19.4 Å². The lowest BCUT2D eigenvalue weighted by Gasteiger charge is -2.43. The summed E-state index contributed by atoms with van der Waals surface area (Å²) in [5, 5.41) is 10.8. The monoisotopic (exact) mass is 285 g/mol. The average molecular weight is 285 g/mol. The van der Waals surface area contributed by atoms with Gasteiger partial charge in [0.15, 0.2) is 5.82 Å². The number of nitrogens with two attached hydrogens (primary N) is 1. The van der Waals surface area contributed by atoms with Gasteiger partial charge in [0.1, 0.15) is 0 Å². The van der Waals surface area contributed by atoms with Gasteiger partial charge in [-0.2, -0.15) is 5.10 Å². The molecule has 1 saturated heterocycles. The minimum absolute atomic E-state index is 0.0660. The Kier molecular flexibility index (Phi) is 3.78. The molecular formula is C16H23N5. The molecule has 0 radical (unpaired) electrons. The Labute approximate surface area is 125 Å². The second-order valence-corrected chi connectivity index (χ2v) is 6.25. The summed E-state index contributed by atoms with van der Waals surface area (Å²) in [5.74, 6) is 0.998. The first kappa shape index (κ1) is 14.2. The van der Waals surface area contributed by atoms with Crippen LogP contribution in [0.5, 0.6) is 0 Å². The number of piperazine rings is 1. The lowest BCUT2D eigenvalue weighted by molar-refractivity contribution is 0.119. The smallest absolute Gasteiger partial charge is 0.159 e. The van der Waals surface area contributed by atoms with Gasteiger partial charge in [0.25, 0.3) is 0 Å². The molecule has 112 valence electrons. The topological polar surface area (TPSA) is 58.3 Å². The molecule has 21 heavy (non-hydrogen) atoms. The van der Waals surface area contributed by atoms with E-state index in [4.69, 9.17) is 5.73 Å². The molecule has 2 N–H and O–H groups in total. The van der Waals surface area contributed by atoms with Gasteiger partial charge in [-0.05, 0) is 13.8 Å². The number of fused-ring (bicyclic) bond motifs is 1. The molecule has 3 rings (SSSR count). The van der Waals surface area contributed by atoms with Gasteiger partial charge in [0, 0.05) is 49.0 Å². The Hall–Kier alpha value is -1.72. The van der Waals surface area contributed by atoms with Crippen LogP contribution in [0.1, 0.15) is 13.8 Å². The highest BCUT2D eigenvalue weighted by Gasteiger charge is 2.29. The SMILES string of the molecule is CC(C)(CN)N1CCN(c2nncc3ccccc23)CC1. The van der Waals surface area contributed by atoms with Gasteiger partial charge < -0.3 is 10.6 Å². The molecule has 0 bridgehead atoms. The molecule has 1 aromatic carbocycles. The maximum atomic E-state index is 5.88. The van der Waals surface area contributed by atoms with E-state index in [0.717, 1.165) is 37.4 Å². The van der Waals surface area contributed by atoms with E-state index in [9.17, 15) is 0 Å². The largest absolute Gasteiger partial charge is 0.352 e. The van der Waals surface area contributed by atoms with E-state index in [-0.39, 0.29) is 5.54 Å². The predicted octanol–water partition coefficient (Wildman–Crippen LogP) is 1.49. The molecule has 0 spiro atoms. The molecule has 5 heteroatoms. The number of hydrogen-bond donors (Lipinski definition) is 1. The Balaban J connectivity index is 1.80. The van der Waals surface area contributed by atoms with Crippen molar-refractivity contribution < 1.29 is 0 Å². The minimum atomic E-state index is 0.0660. The average Bonchev–Trinajstić information content (AvgIpc) is 2.54. The molecule has 0 aliphatic carbocycles. The summed E-state index contributed by atoms with van der Waals surface area (Å²) in [5.41, 5.74) is 5.95. The Bertz CT molecular complexity index is 612. The first-order valence-corrected chi connectivity index (χ1v) is 7.52. The molecule has 2 heterocycles. The minimum Gasteiger partial charge on any atom is -0.352 e. The fraction of sp³-hybridized carbons (Fsp3) is 0.500. The van der Waals surface area contributed by atoms with Gasteiger partial charge in [0.2, 0.25) is 0 Å². The van der Waals surface area contributed by atoms with Gasteiger partial charge in [0.05, 0.1) is 6.20 Å². The number of anilines is 1. The van der Waals surface area contributed by atoms with Crippen molar-refractivity contribution in [3.05, 3.63) is 30.5 Å². The van der Waals surface area contributed by atoms with Crippen LogP contribution in [0.15, 0.2) is 30.5 Å². The molecule has 5 nitrogen and oxygen atoms in total. The van der Waals surface area contributed by atoms with E-state index < -0.39 is 0 Å². The van der Waals surface area contributed by atoms with Gasteiger partial charge >= 0.3 is 0 Å². The summed E-state index contributed by atoms with van der Waals surface area (Å²) in [7, 11) is 0. The molecular weight excluding hydrogens is 262 g/mol. The molecule has 0 atom stereocenters. The Morgan fingerprint density at radius 1 is 1.14 bits per heavy atom. The summed E-state index contributed by atoms with van der Waals surface area (Å²) in [6, 6.07) is 8.30. The molecule has 1 aliphatic heterocycles. The fourth-order valence-electron chi connectivity index (χ4n) is 2.90. The normalized spacial score (nSPS) is 17.4. The van der Waals surface area contributed by atoms with Crippen LogP contribution in [0.2, 0.25) is 0 Å². The van der Waals surface area contributed by atoms with Crippen LogP contribution in [0.4, 0.5) is 5.82 Å². The van der Waals surface area contributed by atoms with Crippen molar-refractivity contribution >= 4 is 16.6 Å². The zero-order chi connectivity index (χ0) is 14.9. The first-order chi connectivity index (χ1) is 10.1. The molecule has 0 unspecified atom stereocenters. The third-order valence-corrected chi connectivity index (χ3v) is 4.49. The van der Waals surface area contributed by atoms with Crippen molar-refractivity contribution in [3.8, 4) is 0 Å². The number of aromatic nitrogens is 2. The summed E-state index contributed by atoms with van der Waals surface area (Å²) >= 11 is 0. The predicted molar refractivity (Wildman–Crippen MR) is 86.5 cm³/mol. The number of rotatable bonds is 3. The van der Waals surface area contributed by atoms with E-state index in [0.29, 0.717) is 6.54 Å². The van der Waals surface area contributed by atoms with Crippen LogP contribution < -0.4 is 10.6 Å². The molecule has 2 aromatic rings. The van der Waals surface area contributed by atoms with E-state index >= 15 is 0 Å². The quantitative estimate of drug-likeness (QED) is 0.926. The number of hydrogen-bond acceptors (Lipinski definition) is 5. The third kappa shape index (κ3) is 2.71. The summed E-state index contributed by atoms with van der Waals surface area (Å²) in [4.78, 5) is 4.79. The van der Waals surface area contributed by atoms with Crippen LogP contribution in [-0.4, -0.2) is 53.4 Å². The summed E-state index contributed by atoms with van der Waals surface area (Å²) in [6.07, 6.45) is 1.83. The molecule has 1 aliphatic rings. The van der Waals surface area contributed by atoms with Crippen molar-refractivity contribution in [3.63, 3.8) is 0 Å². The maximum Gasteiger partial charge on any atom is 0.159 e. The highest BCUT2D eigenvalue weighted by molar-refractivity contribution is 5.91. The second kappa shape index (κ2) is 5.58. The Morgan fingerprint density at radius 2 is 1.86 bits per heavy atom. The van der Waals surface area contributed by atoms with E-state index in [2.05, 4.69) is 52.0 Å². The standard InChI is InChI=1S/C16H23N5/c1-16(2,12-17)21-9-7-20(8-10-21)15-14-6-4-3-5-13(14)11-18-19-15/h3-6,11H,7-10,12,17H2,1-2H3. The van der Waals surface area contributed by atoms with Crippen molar-refractivity contribution in [2.75, 3.05) is 37.6 Å². The number of benzene rings is 1. The van der Waals surface area contributed by atoms with Crippen LogP contribution in [0.25, 0.3) is 10.8 Å². The number of nitrogens with zero attached hydrogens (tertiary/aromatic N) is 4. The van der Waals surface area contributed by atoms with Crippen LogP contribution in [-0.2, 0) is 0 Å². The molecule has 1 fully saturated rings. The van der Waals surface area contributed by atoms with E-state index in [1.54, 1.807) is 0 Å². The molecule has 0 saturated carbocycles. The highest BCUT2D eigenvalue weighted by atomic mass is 15.3. The lowest BCUT2D eigenvalue weighted by Crippen LogP contribution is -2.57.